The van der Waals surface area contributed by atoms with E-state index in [1.54, 1.807) is 0 Å². The Morgan fingerprint density at radius 1 is 1.20 bits per heavy atom. The highest BCUT2D eigenvalue weighted by Crippen LogP contribution is 2.27. The Morgan fingerprint density at radius 2 is 1.90 bits per heavy atom. The molecule has 0 aliphatic carbocycles. The molecule has 0 aliphatic rings. The van der Waals surface area contributed by atoms with Crippen molar-refractivity contribution in [1.82, 2.24) is 4.98 Å². The number of halogens is 1. The van der Waals surface area contributed by atoms with Crippen LogP contribution >= 0.6 is 0 Å². The number of carbonyl (C=O) groups is 1. The van der Waals surface area contributed by atoms with Crippen molar-refractivity contribution < 1.29 is 23.4 Å². The van der Waals surface area contributed by atoms with Crippen molar-refractivity contribution in [3.05, 3.63) is 41.3 Å². The third-order valence-electron chi connectivity index (χ3n) is 2.88. The second-order valence-corrected chi connectivity index (χ2v) is 4.05. The molecule has 0 spiro atoms. The minimum absolute atomic E-state index is 0.112. The van der Waals surface area contributed by atoms with Gasteiger partial charge in [-0.15, -0.1) is 0 Å². The third kappa shape index (κ3) is 2.61. The summed E-state index contributed by atoms with van der Waals surface area (Å²) in [4.78, 5) is 15.8. The van der Waals surface area contributed by atoms with E-state index >= 15 is 0 Å². The van der Waals surface area contributed by atoms with Gasteiger partial charge in [0.1, 0.15) is 11.5 Å². The number of methoxy groups -OCH3 is 3. The van der Waals surface area contributed by atoms with Crippen LogP contribution in [0, 0.1) is 5.82 Å². The number of ether oxygens (including phenoxy) is 3. The molecule has 1 aromatic carbocycles. The number of fused-ring (bicyclic) bond motifs is 1. The Bertz CT molecular complexity index is 640. The van der Waals surface area contributed by atoms with Gasteiger partial charge < -0.3 is 14.2 Å². The van der Waals surface area contributed by atoms with E-state index < -0.39 is 18.1 Å². The van der Waals surface area contributed by atoms with Gasteiger partial charge >= 0.3 is 5.97 Å². The molecule has 6 heteroatoms. The molecule has 0 unspecified atom stereocenters. The average Bonchev–Trinajstić information content (AvgIpc) is 2.47. The molecule has 0 amide bonds. The van der Waals surface area contributed by atoms with Gasteiger partial charge in [0.25, 0.3) is 0 Å². The summed E-state index contributed by atoms with van der Waals surface area (Å²) >= 11 is 0. The average molecular weight is 279 g/mol. The predicted molar refractivity (Wildman–Crippen MR) is 69.8 cm³/mol. The second-order valence-electron chi connectivity index (χ2n) is 4.05. The first-order valence-corrected chi connectivity index (χ1v) is 5.84. The van der Waals surface area contributed by atoms with Crippen LogP contribution in [0.3, 0.4) is 0 Å². The number of esters is 1. The molecule has 0 saturated carbocycles. The van der Waals surface area contributed by atoms with E-state index in [4.69, 9.17) is 9.47 Å². The van der Waals surface area contributed by atoms with Crippen LogP contribution in [0.5, 0.6) is 0 Å². The number of nitrogens with zero attached hydrogens (tertiary/aromatic N) is 1. The minimum atomic E-state index is -0.731. The van der Waals surface area contributed by atoms with Gasteiger partial charge in [0.2, 0.25) is 0 Å². The van der Waals surface area contributed by atoms with Crippen LogP contribution in [-0.4, -0.2) is 32.3 Å². The van der Waals surface area contributed by atoms with E-state index in [1.165, 1.54) is 45.6 Å². The molecule has 0 saturated heterocycles. The molecule has 0 bridgehead atoms. The Labute approximate surface area is 115 Å². The number of benzene rings is 1. The molecule has 0 radical (unpaired) electrons. The standard InChI is InChI=1S/C14H14FNO4/c1-18-13(17)12-7-10(14(19-2)20-3)9-6-8(15)4-5-11(9)16-12/h4-7,14H,1-3H3. The maximum Gasteiger partial charge on any atom is 0.356 e. The summed E-state index contributed by atoms with van der Waals surface area (Å²) in [6, 6.07) is 5.56. The normalized spacial score (nSPS) is 11.1. The van der Waals surface area contributed by atoms with Crippen LogP contribution < -0.4 is 0 Å². The van der Waals surface area contributed by atoms with Crippen molar-refractivity contribution >= 4 is 16.9 Å². The van der Waals surface area contributed by atoms with Crippen molar-refractivity contribution in [1.29, 1.82) is 0 Å². The Kier molecular flexibility index (Phi) is 4.26. The third-order valence-corrected chi connectivity index (χ3v) is 2.88. The van der Waals surface area contributed by atoms with E-state index in [0.29, 0.717) is 16.5 Å². The van der Waals surface area contributed by atoms with E-state index in [1.807, 2.05) is 0 Å². The summed E-state index contributed by atoms with van der Waals surface area (Å²) in [5.41, 5.74) is 1.09. The van der Waals surface area contributed by atoms with Gasteiger partial charge in [0, 0.05) is 25.2 Å². The Balaban J connectivity index is 2.72. The van der Waals surface area contributed by atoms with Crippen LogP contribution in [0.25, 0.3) is 10.9 Å². The molecule has 20 heavy (non-hydrogen) atoms. The quantitative estimate of drug-likeness (QED) is 0.635. The number of rotatable bonds is 4. The molecule has 0 N–H and O–H groups in total. The SMILES string of the molecule is COC(=O)c1cc(C(OC)OC)c2cc(F)ccc2n1. The molecule has 0 atom stereocenters. The van der Waals surface area contributed by atoms with E-state index in [0.717, 1.165) is 0 Å². The zero-order chi connectivity index (χ0) is 14.7. The molecular weight excluding hydrogens is 265 g/mol. The van der Waals surface area contributed by atoms with E-state index in [-0.39, 0.29) is 5.69 Å². The molecular formula is C14H14FNO4. The predicted octanol–water partition coefficient (Wildman–Crippen LogP) is 2.45. The van der Waals surface area contributed by atoms with Crippen molar-refractivity contribution in [2.45, 2.75) is 6.29 Å². The molecule has 0 fully saturated rings. The van der Waals surface area contributed by atoms with Gasteiger partial charge in [-0.2, -0.15) is 0 Å². The van der Waals surface area contributed by atoms with Gasteiger partial charge in [0.15, 0.2) is 6.29 Å². The fraction of sp³-hybridized carbons (Fsp3) is 0.286. The van der Waals surface area contributed by atoms with Gasteiger partial charge in [-0.3, -0.25) is 0 Å². The number of carbonyl (C=O) groups excluding carboxylic acids is 1. The topological polar surface area (TPSA) is 57.7 Å². The van der Waals surface area contributed by atoms with Crippen LogP contribution in [0.4, 0.5) is 4.39 Å². The van der Waals surface area contributed by atoms with Crippen LogP contribution in [0.1, 0.15) is 22.3 Å². The number of pyridine rings is 1. The summed E-state index contributed by atoms with van der Waals surface area (Å²) in [5.74, 6) is -0.985. The summed E-state index contributed by atoms with van der Waals surface area (Å²) in [6.45, 7) is 0. The number of hydrogen-bond donors (Lipinski definition) is 0. The molecule has 1 aromatic heterocycles. The molecule has 106 valence electrons. The second kappa shape index (κ2) is 5.94. The van der Waals surface area contributed by atoms with E-state index in [2.05, 4.69) is 9.72 Å². The lowest BCUT2D eigenvalue weighted by Gasteiger charge is -2.16. The number of hydrogen-bond acceptors (Lipinski definition) is 5. The monoisotopic (exact) mass is 279 g/mol. The van der Waals surface area contributed by atoms with Crippen molar-refractivity contribution in [2.75, 3.05) is 21.3 Å². The molecule has 0 aliphatic heterocycles. The molecule has 1 heterocycles. The summed E-state index contributed by atoms with van der Waals surface area (Å²) in [7, 11) is 4.18. The molecule has 2 aromatic rings. The maximum absolute atomic E-state index is 13.4. The molecule has 5 nitrogen and oxygen atoms in total. The fourth-order valence-electron chi connectivity index (χ4n) is 1.98. The smallest absolute Gasteiger partial charge is 0.356 e. The maximum atomic E-state index is 13.4. The van der Waals surface area contributed by atoms with Crippen LogP contribution in [-0.2, 0) is 14.2 Å². The van der Waals surface area contributed by atoms with Gasteiger partial charge in [-0.1, -0.05) is 0 Å². The Hall–Kier alpha value is -2.05. The Morgan fingerprint density at radius 3 is 2.50 bits per heavy atom. The first-order valence-electron chi connectivity index (χ1n) is 5.84. The summed E-state index contributed by atoms with van der Waals surface area (Å²) in [6.07, 6.45) is -0.731. The van der Waals surface area contributed by atoms with Crippen molar-refractivity contribution in [3.63, 3.8) is 0 Å². The minimum Gasteiger partial charge on any atom is -0.464 e. The fourth-order valence-corrected chi connectivity index (χ4v) is 1.98. The summed E-state index contributed by atoms with van der Waals surface area (Å²) in [5, 5.41) is 0.520. The lowest BCUT2D eigenvalue weighted by atomic mass is 10.1. The van der Waals surface area contributed by atoms with Crippen LogP contribution in [0.15, 0.2) is 24.3 Å². The van der Waals surface area contributed by atoms with Crippen molar-refractivity contribution in [3.8, 4) is 0 Å². The highest BCUT2D eigenvalue weighted by molar-refractivity contribution is 5.92. The highest BCUT2D eigenvalue weighted by atomic mass is 19.1. The van der Waals surface area contributed by atoms with Gasteiger partial charge in [-0.05, 0) is 24.3 Å². The summed E-state index contributed by atoms with van der Waals surface area (Å²) < 4.78 is 28.4. The van der Waals surface area contributed by atoms with Gasteiger partial charge in [0.05, 0.1) is 12.6 Å². The lowest BCUT2D eigenvalue weighted by molar-refractivity contribution is -0.105. The first kappa shape index (κ1) is 14.4. The zero-order valence-electron chi connectivity index (χ0n) is 11.3. The largest absolute Gasteiger partial charge is 0.464 e. The molecule has 2 rings (SSSR count). The van der Waals surface area contributed by atoms with Crippen molar-refractivity contribution in [2.24, 2.45) is 0 Å². The highest BCUT2D eigenvalue weighted by Gasteiger charge is 2.19. The van der Waals surface area contributed by atoms with Crippen LogP contribution in [0.2, 0.25) is 0 Å². The van der Waals surface area contributed by atoms with Gasteiger partial charge in [-0.25, -0.2) is 14.2 Å². The lowest BCUT2D eigenvalue weighted by Crippen LogP contribution is -2.10. The van der Waals surface area contributed by atoms with E-state index in [9.17, 15) is 9.18 Å². The first-order chi connectivity index (χ1) is 9.60. The number of aromatic nitrogens is 1. The zero-order valence-corrected chi connectivity index (χ0v) is 11.3.